The Morgan fingerprint density at radius 2 is 0.909 bits per heavy atom. The molecule has 104 valence electrons. The van der Waals surface area contributed by atoms with Crippen LogP contribution in [0.1, 0.15) is 0 Å². The summed E-state index contributed by atoms with van der Waals surface area (Å²) < 4.78 is 0. The molecule has 0 aromatic heterocycles. The molecule has 4 rings (SSSR count). The van der Waals surface area contributed by atoms with Crippen molar-refractivity contribution in [2.75, 3.05) is 0 Å². The number of rotatable bonds is 2. The molecule has 0 saturated heterocycles. The Hall–Kier alpha value is -2.11. The minimum Gasteiger partial charge on any atom is -0.0870 e. The van der Waals surface area contributed by atoms with Crippen LogP contribution in [0.25, 0.3) is 21.5 Å². The highest BCUT2D eigenvalue weighted by Gasteiger charge is 2.13. The zero-order valence-electron chi connectivity index (χ0n) is 12.5. The minimum atomic E-state index is -0.370. The van der Waals surface area contributed by atoms with Gasteiger partial charge in [-0.3, -0.25) is 0 Å². The molecular weight excluding hydrogens is 282 g/mol. The van der Waals surface area contributed by atoms with Crippen molar-refractivity contribution in [2.45, 2.75) is 0 Å². The third-order valence-corrected chi connectivity index (χ3v) is 6.48. The number of hydrogen-bond donors (Lipinski definition) is 0. The van der Waals surface area contributed by atoms with E-state index in [1.807, 2.05) is 0 Å². The molecular formula is C20H16BP. The molecule has 0 atom stereocenters. The zero-order valence-corrected chi connectivity index (χ0v) is 13.4. The van der Waals surface area contributed by atoms with Crippen LogP contribution in [0.3, 0.4) is 0 Å². The zero-order chi connectivity index (χ0) is 14.9. The van der Waals surface area contributed by atoms with Gasteiger partial charge in [-0.25, -0.2) is 0 Å². The number of benzene rings is 4. The average Bonchev–Trinajstić information content (AvgIpc) is 2.60. The highest BCUT2D eigenvalue weighted by molar-refractivity contribution is 7.94. The molecule has 0 radical (unpaired) electrons. The Balaban J connectivity index is 1.94. The predicted octanol–water partition coefficient (Wildman–Crippen LogP) is 3.97. The Morgan fingerprint density at radius 3 is 1.41 bits per heavy atom. The van der Waals surface area contributed by atoms with Gasteiger partial charge in [0.25, 0.3) is 0 Å². The molecule has 4 aromatic carbocycles. The van der Waals surface area contributed by atoms with Crippen molar-refractivity contribution in [3.05, 3.63) is 84.9 Å². The lowest BCUT2D eigenvalue weighted by Crippen LogP contribution is -2.13. The molecule has 0 unspecified atom stereocenters. The van der Waals surface area contributed by atoms with E-state index in [0.717, 1.165) is 0 Å². The fourth-order valence-corrected chi connectivity index (χ4v) is 5.14. The van der Waals surface area contributed by atoms with Crippen LogP contribution in [0, 0.1) is 0 Å². The third kappa shape index (κ3) is 2.23. The van der Waals surface area contributed by atoms with Gasteiger partial charge in [-0.1, -0.05) is 92.7 Å². The van der Waals surface area contributed by atoms with Gasteiger partial charge in [-0.2, -0.15) is 0 Å². The van der Waals surface area contributed by atoms with Gasteiger partial charge in [0.1, 0.15) is 7.57 Å². The second-order valence-corrected chi connectivity index (χ2v) is 7.64. The summed E-state index contributed by atoms with van der Waals surface area (Å²) in [5, 5.41) is 8.34. The minimum absolute atomic E-state index is 0.370. The van der Waals surface area contributed by atoms with Gasteiger partial charge in [-0.15, -0.1) is 0 Å². The summed E-state index contributed by atoms with van der Waals surface area (Å²) in [6.45, 7) is 0. The lowest BCUT2D eigenvalue weighted by atomic mass is 10.1. The number of hydrogen-bond acceptors (Lipinski definition) is 0. The molecule has 0 amide bonds. The van der Waals surface area contributed by atoms with E-state index in [2.05, 4.69) is 92.5 Å². The Kier molecular flexibility index (Phi) is 3.44. The summed E-state index contributed by atoms with van der Waals surface area (Å²) in [4.78, 5) is 0. The fraction of sp³-hybridized carbons (Fsp3) is 0. The summed E-state index contributed by atoms with van der Waals surface area (Å²) >= 11 is 0. The van der Waals surface area contributed by atoms with Crippen LogP contribution in [0.5, 0.6) is 0 Å². The highest BCUT2D eigenvalue weighted by Crippen LogP contribution is 2.33. The maximum Gasteiger partial charge on any atom is 0.145 e. The van der Waals surface area contributed by atoms with Crippen molar-refractivity contribution in [3.63, 3.8) is 0 Å². The summed E-state index contributed by atoms with van der Waals surface area (Å²) in [5.41, 5.74) is 0. The van der Waals surface area contributed by atoms with Gasteiger partial charge < -0.3 is 0 Å². The first kappa shape index (κ1) is 13.6. The van der Waals surface area contributed by atoms with Crippen molar-refractivity contribution >= 4 is 47.5 Å². The number of fused-ring (bicyclic) bond motifs is 2. The first-order valence-corrected chi connectivity index (χ1v) is 9.33. The second kappa shape index (κ2) is 5.59. The standard InChI is InChI=1S/C20H16BP/c21-22(19-13-5-9-15-7-1-3-11-17(15)19)20-14-6-10-16-8-2-4-12-18(16)20/h1-14H,21H2. The molecule has 22 heavy (non-hydrogen) atoms. The molecule has 0 saturated carbocycles. The molecule has 2 heteroatoms. The Bertz CT molecular complexity index is 872. The van der Waals surface area contributed by atoms with Gasteiger partial charge in [0, 0.05) is 0 Å². The van der Waals surface area contributed by atoms with E-state index in [1.165, 1.54) is 32.2 Å². The Morgan fingerprint density at radius 1 is 0.500 bits per heavy atom. The smallest absolute Gasteiger partial charge is 0.0870 e. The van der Waals surface area contributed by atoms with E-state index >= 15 is 0 Å². The first-order valence-electron chi connectivity index (χ1n) is 7.54. The summed E-state index contributed by atoms with van der Waals surface area (Å²) in [6, 6.07) is 30.7. The SMILES string of the molecule is BP(c1cccc2ccccc12)c1cccc2ccccc12. The van der Waals surface area contributed by atoms with Crippen molar-refractivity contribution < 1.29 is 0 Å². The first-order chi connectivity index (χ1) is 10.8. The highest BCUT2D eigenvalue weighted by atomic mass is 31.1. The van der Waals surface area contributed by atoms with Crippen LogP contribution >= 0.6 is 7.80 Å². The molecule has 0 aliphatic carbocycles. The monoisotopic (exact) mass is 298 g/mol. The van der Waals surface area contributed by atoms with Crippen molar-refractivity contribution in [1.29, 1.82) is 0 Å². The van der Waals surface area contributed by atoms with Crippen LogP contribution in [0.15, 0.2) is 84.9 Å². The summed E-state index contributed by atoms with van der Waals surface area (Å²) in [7, 11) is 2.00. The van der Waals surface area contributed by atoms with Gasteiger partial charge in [-0.05, 0) is 32.2 Å². The molecule has 0 aliphatic rings. The molecule has 0 nitrogen and oxygen atoms in total. The van der Waals surface area contributed by atoms with Crippen LogP contribution in [-0.2, 0) is 0 Å². The maximum absolute atomic E-state index is 2.37. The molecule has 0 heterocycles. The van der Waals surface area contributed by atoms with Crippen LogP contribution in [0.2, 0.25) is 0 Å². The van der Waals surface area contributed by atoms with Gasteiger partial charge in [0.15, 0.2) is 0 Å². The lowest BCUT2D eigenvalue weighted by Gasteiger charge is -2.18. The molecule has 0 spiro atoms. The van der Waals surface area contributed by atoms with Gasteiger partial charge in [0.05, 0.1) is 0 Å². The normalized spacial score (nSPS) is 11.3. The summed E-state index contributed by atoms with van der Waals surface area (Å²) in [6.07, 6.45) is 0. The van der Waals surface area contributed by atoms with E-state index in [0.29, 0.717) is 0 Å². The predicted molar refractivity (Wildman–Crippen MR) is 103 cm³/mol. The maximum atomic E-state index is 2.37. The van der Waals surface area contributed by atoms with E-state index in [1.54, 1.807) is 0 Å². The quantitative estimate of drug-likeness (QED) is 0.388. The molecule has 0 N–H and O–H groups in total. The van der Waals surface area contributed by atoms with Gasteiger partial charge in [0.2, 0.25) is 0 Å². The van der Waals surface area contributed by atoms with Crippen molar-refractivity contribution in [3.8, 4) is 0 Å². The fourth-order valence-electron chi connectivity index (χ4n) is 3.13. The van der Waals surface area contributed by atoms with Crippen LogP contribution < -0.4 is 10.6 Å². The van der Waals surface area contributed by atoms with E-state index in [4.69, 9.17) is 0 Å². The lowest BCUT2D eigenvalue weighted by molar-refractivity contribution is 1.77. The third-order valence-electron chi connectivity index (χ3n) is 4.26. The molecule has 0 bridgehead atoms. The van der Waals surface area contributed by atoms with Crippen LogP contribution in [-0.4, -0.2) is 7.57 Å². The van der Waals surface area contributed by atoms with Crippen molar-refractivity contribution in [1.82, 2.24) is 0 Å². The molecule has 0 aliphatic heterocycles. The van der Waals surface area contributed by atoms with E-state index < -0.39 is 0 Å². The van der Waals surface area contributed by atoms with Gasteiger partial charge >= 0.3 is 0 Å². The molecule has 4 aromatic rings. The second-order valence-electron chi connectivity index (χ2n) is 5.56. The molecule has 0 fully saturated rings. The van der Waals surface area contributed by atoms with Crippen LogP contribution in [0.4, 0.5) is 0 Å². The van der Waals surface area contributed by atoms with E-state index in [-0.39, 0.29) is 7.80 Å². The largest absolute Gasteiger partial charge is 0.145 e. The topological polar surface area (TPSA) is 0 Å². The average molecular weight is 298 g/mol. The van der Waals surface area contributed by atoms with E-state index in [9.17, 15) is 0 Å². The Labute approximate surface area is 132 Å². The van der Waals surface area contributed by atoms with Crippen molar-refractivity contribution in [2.24, 2.45) is 0 Å². The summed E-state index contributed by atoms with van der Waals surface area (Å²) in [5.74, 6) is 0.